The Morgan fingerprint density at radius 1 is 1.30 bits per heavy atom. The van der Waals surface area contributed by atoms with Crippen molar-refractivity contribution in [2.75, 3.05) is 31.7 Å². The molecule has 3 rings (SSSR count). The van der Waals surface area contributed by atoms with Gasteiger partial charge in [0.2, 0.25) is 0 Å². The minimum Gasteiger partial charge on any atom is -0.381 e. The highest BCUT2D eigenvalue weighted by atomic mass is 16.5. The number of nitrogens with zero attached hydrogens (tertiary/aromatic N) is 1. The lowest BCUT2D eigenvalue weighted by molar-refractivity contribution is 0.0776. The van der Waals surface area contributed by atoms with Crippen LogP contribution in [0.1, 0.15) is 37.8 Å². The van der Waals surface area contributed by atoms with Gasteiger partial charge in [0.05, 0.1) is 0 Å². The fraction of sp³-hybridized carbons (Fsp3) is 0.647. The number of fused-ring (bicyclic) bond motifs is 1. The smallest absolute Gasteiger partial charge is 0.0480 e. The van der Waals surface area contributed by atoms with Crippen molar-refractivity contribution in [2.45, 2.75) is 44.7 Å². The minimum absolute atomic E-state index is 0.248. The van der Waals surface area contributed by atoms with Crippen LogP contribution in [0.3, 0.4) is 0 Å². The van der Waals surface area contributed by atoms with Gasteiger partial charge in [-0.05, 0) is 30.0 Å². The summed E-state index contributed by atoms with van der Waals surface area (Å²) in [6.45, 7) is 8.60. The molecule has 0 aliphatic carbocycles. The van der Waals surface area contributed by atoms with Crippen molar-refractivity contribution >= 4 is 5.69 Å². The third-order valence-electron chi connectivity index (χ3n) is 4.65. The molecule has 1 N–H and O–H groups in total. The van der Waals surface area contributed by atoms with Gasteiger partial charge in [0.1, 0.15) is 0 Å². The number of nitrogens with one attached hydrogen (secondary N) is 1. The van der Waals surface area contributed by atoms with Crippen LogP contribution in [-0.2, 0) is 16.7 Å². The zero-order valence-electron chi connectivity index (χ0n) is 12.9. The molecular weight excluding hydrogens is 248 g/mol. The van der Waals surface area contributed by atoms with E-state index >= 15 is 0 Å². The molecule has 0 atom stereocenters. The average Bonchev–Trinajstić information content (AvgIpc) is 2.68. The van der Waals surface area contributed by atoms with Crippen LogP contribution < -0.4 is 10.2 Å². The first-order valence-corrected chi connectivity index (χ1v) is 7.72. The lowest BCUT2D eigenvalue weighted by atomic mass is 9.83. The molecule has 0 radical (unpaired) electrons. The molecular formula is C17H26N2O. The van der Waals surface area contributed by atoms with E-state index in [1.165, 1.54) is 16.8 Å². The fourth-order valence-electron chi connectivity index (χ4n) is 3.75. The van der Waals surface area contributed by atoms with E-state index in [0.29, 0.717) is 6.04 Å². The predicted molar refractivity (Wildman–Crippen MR) is 83.4 cm³/mol. The third kappa shape index (κ3) is 2.57. The van der Waals surface area contributed by atoms with Crippen LogP contribution in [0.15, 0.2) is 18.2 Å². The number of ether oxygens (including phenoxy) is 1. The standard InChI is InChI=1S/C17H26N2O/c1-17(2)12-19(3)15-6-4-5-13(16(15)17)11-18-14-7-9-20-10-8-14/h4-6,14,18H,7-12H2,1-3H3. The van der Waals surface area contributed by atoms with Crippen LogP contribution in [0.4, 0.5) is 5.69 Å². The summed E-state index contributed by atoms with van der Waals surface area (Å²) in [5, 5.41) is 3.72. The Kier molecular flexibility index (Phi) is 3.74. The number of likely N-dealkylation sites (N-methyl/N-ethyl adjacent to an activating group) is 1. The van der Waals surface area contributed by atoms with Crippen molar-refractivity contribution in [2.24, 2.45) is 0 Å². The Labute approximate surface area is 122 Å². The third-order valence-corrected chi connectivity index (χ3v) is 4.65. The predicted octanol–water partition coefficient (Wildman–Crippen LogP) is 2.68. The first kappa shape index (κ1) is 13.9. The summed E-state index contributed by atoms with van der Waals surface area (Å²) >= 11 is 0. The van der Waals surface area contributed by atoms with E-state index in [1.54, 1.807) is 0 Å². The first-order chi connectivity index (χ1) is 9.58. The molecule has 3 heteroatoms. The maximum Gasteiger partial charge on any atom is 0.0480 e. The van der Waals surface area contributed by atoms with Crippen LogP contribution in [0.5, 0.6) is 0 Å². The van der Waals surface area contributed by atoms with Gasteiger partial charge in [0.15, 0.2) is 0 Å². The van der Waals surface area contributed by atoms with E-state index in [2.05, 4.69) is 49.3 Å². The number of anilines is 1. The summed E-state index contributed by atoms with van der Waals surface area (Å²) in [5.74, 6) is 0. The quantitative estimate of drug-likeness (QED) is 0.917. The highest BCUT2D eigenvalue weighted by Crippen LogP contribution is 2.41. The summed E-state index contributed by atoms with van der Waals surface area (Å²) < 4.78 is 5.43. The number of benzene rings is 1. The van der Waals surface area contributed by atoms with E-state index < -0.39 is 0 Å². The maximum atomic E-state index is 5.43. The van der Waals surface area contributed by atoms with Gasteiger partial charge in [-0.25, -0.2) is 0 Å². The van der Waals surface area contributed by atoms with Crippen molar-refractivity contribution in [1.82, 2.24) is 5.32 Å². The molecule has 1 saturated heterocycles. The second-order valence-corrected chi connectivity index (χ2v) is 6.82. The van der Waals surface area contributed by atoms with Crippen LogP contribution in [0.25, 0.3) is 0 Å². The molecule has 2 aliphatic rings. The highest BCUT2D eigenvalue weighted by molar-refractivity contribution is 5.64. The number of hydrogen-bond acceptors (Lipinski definition) is 3. The summed E-state index contributed by atoms with van der Waals surface area (Å²) in [4.78, 5) is 2.38. The summed E-state index contributed by atoms with van der Waals surface area (Å²) in [7, 11) is 2.20. The van der Waals surface area contributed by atoms with E-state index in [-0.39, 0.29) is 5.41 Å². The fourth-order valence-corrected chi connectivity index (χ4v) is 3.75. The van der Waals surface area contributed by atoms with E-state index in [1.807, 2.05) is 0 Å². The first-order valence-electron chi connectivity index (χ1n) is 7.72. The Morgan fingerprint density at radius 3 is 2.80 bits per heavy atom. The molecule has 1 aromatic rings. The van der Waals surface area contributed by atoms with Crippen LogP contribution in [-0.4, -0.2) is 32.8 Å². The molecule has 0 saturated carbocycles. The van der Waals surface area contributed by atoms with Crippen molar-refractivity contribution < 1.29 is 4.74 Å². The zero-order chi connectivity index (χ0) is 14.2. The molecule has 0 amide bonds. The molecule has 2 heterocycles. The van der Waals surface area contributed by atoms with E-state index in [4.69, 9.17) is 4.74 Å². The van der Waals surface area contributed by atoms with Crippen molar-refractivity contribution in [1.29, 1.82) is 0 Å². The Bertz CT molecular complexity index is 478. The molecule has 0 bridgehead atoms. The topological polar surface area (TPSA) is 24.5 Å². The number of hydrogen-bond donors (Lipinski definition) is 1. The van der Waals surface area contributed by atoms with Gasteiger partial charge < -0.3 is 15.0 Å². The molecule has 2 aliphatic heterocycles. The molecule has 0 unspecified atom stereocenters. The van der Waals surface area contributed by atoms with Crippen LogP contribution in [0, 0.1) is 0 Å². The average molecular weight is 274 g/mol. The highest BCUT2D eigenvalue weighted by Gasteiger charge is 2.35. The van der Waals surface area contributed by atoms with Crippen molar-refractivity contribution in [3.63, 3.8) is 0 Å². The van der Waals surface area contributed by atoms with Gasteiger partial charge in [-0.15, -0.1) is 0 Å². The van der Waals surface area contributed by atoms with Gasteiger partial charge in [-0.2, -0.15) is 0 Å². The second kappa shape index (κ2) is 5.38. The van der Waals surface area contributed by atoms with Gasteiger partial charge in [0.25, 0.3) is 0 Å². The van der Waals surface area contributed by atoms with Gasteiger partial charge in [-0.3, -0.25) is 0 Å². The molecule has 20 heavy (non-hydrogen) atoms. The lowest BCUT2D eigenvalue weighted by Gasteiger charge is -2.25. The van der Waals surface area contributed by atoms with Crippen LogP contribution in [0.2, 0.25) is 0 Å². The Morgan fingerprint density at radius 2 is 2.05 bits per heavy atom. The van der Waals surface area contributed by atoms with Gasteiger partial charge >= 0.3 is 0 Å². The molecule has 1 fully saturated rings. The monoisotopic (exact) mass is 274 g/mol. The second-order valence-electron chi connectivity index (χ2n) is 6.82. The molecule has 0 aromatic heterocycles. The van der Waals surface area contributed by atoms with Gasteiger partial charge in [0, 0.05) is 50.5 Å². The molecule has 3 nitrogen and oxygen atoms in total. The normalized spacial score (nSPS) is 22.1. The number of rotatable bonds is 3. The molecule has 0 spiro atoms. The largest absolute Gasteiger partial charge is 0.381 e. The SMILES string of the molecule is CN1CC(C)(C)c2c(CNC3CCOCC3)cccc21. The molecule has 1 aromatic carbocycles. The zero-order valence-corrected chi connectivity index (χ0v) is 12.9. The van der Waals surface area contributed by atoms with Gasteiger partial charge in [-0.1, -0.05) is 26.0 Å². The lowest BCUT2D eigenvalue weighted by Crippen LogP contribution is -2.35. The summed E-state index contributed by atoms with van der Waals surface area (Å²) in [5.41, 5.74) is 4.64. The summed E-state index contributed by atoms with van der Waals surface area (Å²) in [6, 6.07) is 7.34. The van der Waals surface area contributed by atoms with E-state index in [9.17, 15) is 0 Å². The minimum atomic E-state index is 0.248. The van der Waals surface area contributed by atoms with Crippen molar-refractivity contribution in [3.05, 3.63) is 29.3 Å². The molecule has 110 valence electrons. The summed E-state index contributed by atoms with van der Waals surface area (Å²) in [6.07, 6.45) is 2.27. The Hall–Kier alpha value is -1.06. The maximum absolute atomic E-state index is 5.43. The Balaban J connectivity index is 1.77. The van der Waals surface area contributed by atoms with Crippen molar-refractivity contribution in [3.8, 4) is 0 Å². The van der Waals surface area contributed by atoms with E-state index in [0.717, 1.165) is 39.1 Å². The van der Waals surface area contributed by atoms with Crippen LogP contribution >= 0.6 is 0 Å².